The van der Waals surface area contributed by atoms with Crippen molar-refractivity contribution < 1.29 is 47.8 Å². The Bertz CT molecular complexity index is 1080. The Hall–Kier alpha value is -2.59. The predicted molar refractivity (Wildman–Crippen MR) is 205 cm³/mol. The Morgan fingerprint density at radius 1 is 0.608 bits per heavy atom. The van der Waals surface area contributed by atoms with Gasteiger partial charge in [0.2, 0.25) is 0 Å². The zero-order chi connectivity index (χ0) is 37.7. The van der Waals surface area contributed by atoms with Gasteiger partial charge in [-0.2, -0.15) is 0 Å². The van der Waals surface area contributed by atoms with Gasteiger partial charge in [0.1, 0.15) is 12.7 Å². The van der Waals surface area contributed by atoms with Crippen molar-refractivity contribution in [1.29, 1.82) is 0 Å². The standard InChI is InChI=1S/C40H67O10P/c1-3-5-7-9-11-13-15-17-18-20-22-24-26-28-30-32-40(44)50-38(36-49-51(45,46)48-34-37(42)33-41)35-47-39(43)31-29-27-25-23-21-19-16-14-12-10-8-6-4-2/h5,7-8,10-11,13-14,16-18,22,24,37-38,41-42H,3-4,6,9,12,15,19-21,23,25-36H2,1-2H3,(H,45,46)/b7-5-,10-8-,13-11-,16-14-,18-17-,24-22-. The number of phosphoric acid groups is 1. The van der Waals surface area contributed by atoms with Gasteiger partial charge in [-0.15, -0.1) is 0 Å². The van der Waals surface area contributed by atoms with E-state index < -0.39 is 51.8 Å². The van der Waals surface area contributed by atoms with Gasteiger partial charge in [-0.3, -0.25) is 18.6 Å². The summed E-state index contributed by atoms with van der Waals surface area (Å²) in [6, 6.07) is 0. The lowest BCUT2D eigenvalue weighted by Gasteiger charge is -2.20. The second-order valence-electron chi connectivity index (χ2n) is 12.2. The van der Waals surface area contributed by atoms with Crippen LogP contribution in [-0.2, 0) is 32.7 Å². The molecule has 0 heterocycles. The molecule has 0 radical (unpaired) electrons. The molecule has 0 saturated carbocycles. The fraction of sp³-hybridized carbons (Fsp3) is 0.650. The van der Waals surface area contributed by atoms with E-state index in [1.165, 1.54) is 6.42 Å². The van der Waals surface area contributed by atoms with Crippen LogP contribution in [0.2, 0.25) is 0 Å². The van der Waals surface area contributed by atoms with E-state index in [1.807, 2.05) is 0 Å². The van der Waals surface area contributed by atoms with Crippen molar-refractivity contribution in [2.24, 2.45) is 0 Å². The Balaban J connectivity index is 4.49. The number of phosphoric ester groups is 1. The molecule has 0 amide bonds. The van der Waals surface area contributed by atoms with Crippen molar-refractivity contribution >= 4 is 19.8 Å². The highest BCUT2D eigenvalue weighted by molar-refractivity contribution is 7.47. The molecule has 0 fully saturated rings. The first kappa shape index (κ1) is 48.4. The van der Waals surface area contributed by atoms with E-state index in [2.05, 4.69) is 91.3 Å². The molecular formula is C40H67O10P. The van der Waals surface area contributed by atoms with Crippen LogP contribution in [0.3, 0.4) is 0 Å². The molecule has 3 atom stereocenters. The van der Waals surface area contributed by atoms with E-state index in [0.717, 1.165) is 83.5 Å². The summed E-state index contributed by atoms with van der Waals surface area (Å²) in [4.78, 5) is 34.8. The third-order valence-corrected chi connectivity index (χ3v) is 8.28. The van der Waals surface area contributed by atoms with Crippen LogP contribution < -0.4 is 0 Å². The van der Waals surface area contributed by atoms with E-state index in [-0.39, 0.29) is 19.4 Å². The number of esters is 2. The summed E-state index contributed by atoms with van der Waals surface area (Å²) in [5.41, 5.74) is 0. The van der Waals surface area contributed by atoms with E-state index in [0.29, 0.717) is 12.8 Å². The average molecular weight is 739 g/mol. The highest BCUT2D eigenvalue weighted by Gasteiger charge is 2.27. The van der Waals surface area contributed by atoms with Crippen LogP contribution in [-0.4, -0.2) is 65.7 Å². The fourth-order valence-corrected chi connectivity index (χ4v) is 5.22. The van der Waals surface area contributed by atoms with Gasteiger partial charge in [0, 0.05) is 12.8 Å². The smallest absolute Gasteiger partial charge is 0.462 e. The summed E-state index contributed by atoms with van der Waals surface area (Å²) in [6.07, 6.45) is 38.8. The topological polar surface area (TPSA) is 149 Å². The van der Waals surface area contributed by atoms with Gasteiger partial charge in [-0.05, 0) is 77.0 Å². The normalized spacial score (nSPS) is 14.8. The summed E-state index contributed by atoms with van der Waals surface area (Å²) < 4.78 is 32.5. The van der Waals surface area contributed by atoms with Gasteiger partial charge in [-0.25, -0.2) is 4.57 Å². The average Bonchev–Trinajstić information content (AvgIpc) is 3.12. The number of carbonyl (C=O) groups is 2. The number of rotatable bonds is 34. The minimum atomic E-state index is -4.63. The number of aliphatic hydroxyl groups excluding tert-OH is 2. The minimum Gasteiger partial charge on any atom is -0.462 e. The lowest BCUT2D eigenvalue weighted by Crippen LogP contribution is -2.29. The van der Waals surface area contributed by atoms with Gasteiger partial charge >= 0.3 is 19.8 Å². The van der Waals surface area contributed by atoms with Crippen LogP contribution in [0.5, 0.6) is 0 Å². The number of carbonyl (C=O) groups excluding carboxylic acids is 2. The van der Waals surface area contributed by atoms with Crippen molar-refractivity contribution in [3.05, 3.63) is 72.9 Å². The molecule has 0 aromatic rings. The van der Waals surface area contributed by atoms with Crippen LogP contribution >= 0.6 is 7.82 Å². The maximum Gasteiger partial charge on any atom is 0.472 e. The summed E-state index contributed by atoms with van der Waals surface area (Å²) in [5, 5.41) is 18.3. The lowest BCUT2D eigenvalue weighted by atomic mass is 10.1. The van der Waals surface area contributed by atoms with E-state index >= 15 is 0 Å². The fourth-order valence-electron chi connectivity index (χ4n) is 4.43. The van der Waals surface area contributed by atoms with Gasteiger partial charge in [0.25, 0.3) is 0 Å². The van der Waals surface area contributed by atoms with Gasteiger partial charge in [-0.1, -0.05) is 112 Å². The summed E-state index contributed by atoms with van der Waals surface area (Å²) in [7, 11) is -4.63. The van der Waals surface area contributed by atoms with E-state index in [4.69, 9.17) is 19.1 Å². The maximum atomic E-state index is 12.5. The van der Waals surface area contributed by atoms with Gasteiger partial charge in [0.15, 0.2) is 6.10 Å². The molecule has 0 aromatic heterocycles. The number of allylic oxidation sites excluding steroid dienone is 12. The van der Waals surface area contributed by atoms with Crippen molar-refractivity contribution in [1.82, 2.24) is 0 Å². The van der Waals surface area contributed by atoms with E-state index in [9.17, 15) is 24.2 Å². The highest BCUT2D eigenvalue weighted by atomic mass is 31.2. The summed E-state index contributed by atoms with van der Waals surface area (Å²) >= 11 is 0. The molecule has 0 aliphatic carbocycles. The molecule has 10 nitrogen and oxygen atoms in total. The van der Waals surface area contributed by atoms with Crippen LogP contribution in [0.15, 0.2) is 72.9 Å². The molecule has 0 aliphatic rings. The first-order valence-electron chi connectivity index (χ1n) is 18.9. The predicted octanol–water partition coefficient (Wildman–Crippen LogP) is 9.33. The number of aliphatic hydroxyl groups is 2. The monoisotopic (exact) mass is 738 g/mol. The second kappa shape index (κ2) is 35.8. The molecule has 0 aliphatic heterocycles. The van der Waals surface area contributed by atoms with E-state index in [1.54, 1.807) is 0 Å². The quantitative estimate of drug-likeness (QED) is 0.0252. The molecule has 292 valence electrons. The van der Waals surface area contributed by atoms with Gasteiger partial charge < -0.3 is 24.6 Å². The molecule has 51 heavy (non-hydrogen) atoms. The zero-order valence-corrected chi connectivity index (χ0v) is 32.2. The third-order valence-electron chi connectivity index (χ3n) is 7.33. The van der Waals surface area contributed by atoms with Gasteiger partial charge in [0.05, 0.1) is 19.8 Å². The third kappa shape index (κ3) is 35.6. The van der Waals surface area contributed by atoms with Crippen LogP contribution in [0.1, 0.15) is 129 Å². The maximum absolute atomic E-state index is 12.5. The number of unbranched alkanes of at least 4 members (excludes halogenated alkanes) is 8. The lowest BCUT2D eigenvalue weighted by molar-refractivity contribution is -0.161. The SMILES string of the molecule is CC/C=C\C/C=C\C/C=C\C/C=C\CCCCC(=O)OC(COC(=O)CCCCCCC/C=C\C/C=C\CCC)COP(=O)(O)OCC(O)CO. The summed E-state index contributed by atoms with van der Waals surface area (Å²) in [5.74, 6) is -1.00. The Morgan fingerprint density at radius 3 is 1.67 bits per heavy atom. The Labute approximate surface area is 308 Å². The summed E-state index contributed by atoms with van der Waals surface area (Å²) in [6.45, 7) is 2.10. The molecule has 0 saturated heterocycles. The first-order valence-corrected chi connectivity index (χ1v) is 20.4. The largest absolute Gasteiger partial charge is 0.472 e. The molecule has 11 heteroatoms. The van der Waals surface area contributed by atoms with Crippen molar-refractivity contribution in [3.63, 3.8) is 0 Å². The molecule has 3 N–H and O–H groups in total. The minimum absolute atomic E-state index is 0.125. The molecule has 3 unspecified atom stereocenters. The zero-order valence-electron chi connectivity index (χ0n) is 31.3. The van der Waals surface area contributed by atoms with Crippen molar-refractivity contribution in [2.45, 2.75) is 142 Å². The Kier molecular flexibility index (Phi) is 34.0. The van der Waals surface area contributed by atoms with Crippen LogP contribution in [0.25, 0.3) is 0 Å². The number of hydrogen-bond acceptors (Lipinski definition) is 9. The van der Waals surface area contributed by atoms with Crippen molar-refractivity contribution in [3.8, 4) is 0 Å². The molecule has 0 aromatic carbocycles. The molecule has 0 spiro atoms. The Morgan fingerprint density at radius 2 is 1.08 bits per heavy atom. The molecule has 0 bridgehead atoms. The highest BCUT2D eigenvalue weighted by Crippen LogP contribution is 2.43. The van der Waals surface area contributed by atoms with Crippen LogP contribution in [0.4, 0.5) is 0 Å². The number of hydrogen-bond donors (Lipinski definition) is 3. The first-order chi connectivity index (χ1) is 24.7. The molecular weight excluding hydrogens is 671 g/mol. The van der Waals surface area contributed by atoms with Crippen LogP contribution in [0, 0.1) is 0 Å². The second-order valence-corrected chi connectivity index (χ2v) is 13.7. The van der Waals surface area contributed by atoms with Crippen molar-refractivity contribution in [2.75, 3.05) is 26.4 Å². The molecule has 0 rings (SSSR count). The number of ether oxygens (including phenoxy) is 2.